The van der Waals surface area contributed by atoms with Gasteiger partial charge in [0.25, 0.3) is 0 Å². The zero-order valence-electron chi connectivity index (χ0n) is 10.7. The molecule has 1 aromatic rings. The number of aromatic carboxylic acids is 1. The number of carboxylic acid groups (broad SMARTS) is 1. The van der Waals surface area contributed by atoms with Crippen LogP contribution in [0.5, 0.6) is 0 Å². The molecule has 2 amide bonds. The van der Waals surface area contributed by atoms with Crippen LogP contribution < -0.4 is 15.8 Å². The molecule has 8 nitrogen and oxygen atoms in total. The Morgan fingerprint density at radius 3 is 2.55 bits per heavy atom. The summed E-state index contributed by atoms with van der Waals surface area (Å²) in [6.07, 6.45) is 0. The van der Waals surface area contributed by atoms with Gasteiger partial charge in [-0.3, -0.25) is 0 Å². The van der Waals surface area contributed by atoms with Crippen molar-refractivity contribution in [1.82, 2.24) is 5.32 Å². The summed E-state index contributed by atoms with van der Waals surface area (Å²) in [5.41, 5.74) is 0.611. The van der Waals surface area contributed by atoms with Crippen LogP contribution in [0.3, 0.4) is 0 Å². The molecule has 20 heavy (non-hydrogen) atoms. The number of primary sulfonamides is 1. The van der Waals surface area contributed by atoms with Crippen LogP contribution in [-0.2, 0) is 10.0 Å². The summed E-state index contributed by atoms with van der Waals surface area (Å²) in [4.78, 5) is 22.6. The largest absolute Gasteiger partial charge is 0.478 e. The summed E-state index contributed by atoms with van der Waals surface area (Å²) in [6.45, 7) is 1.44. The number of nitrogens with one attached hydrogen (secondary N) is 2. The lowest BCUT2D eigenvalue weighted by atomic mass is 10.1. The van der Waals surface area contributed by atoms with Crippen LogP contribution in [0.4, 0.5) is 10.5 Å². The van der Waals surface area contributed by atoms with Crippen molar-refractivity contribution < 1.29 is 23.1 Å². The number of sulfonamides is 1. The summed E-state index contributed by atoms with van der Waals surface area (Å²) in [6, 6.07) is 3.94. The van der Waals surface area contributed by atoms with E-state index in [1.54, 1.807) is 19.1 Å². The molecule has 0 bridgehead atoms. The molecular formula is C11H15N3O5S. The highest BCUT2D eigenvalue weighted by Gasteiger charge is 2.14. The lowest BCUT2D eigenvalue weighted by Crippen LogP contribution is -2.34. The Balaban J connectivity index is 2.72. The van der Waals surface area contributed by atoms with E-state index in [4.69, 9.17) is 10.2 Å². The van der Waals surface area contributed by atoms with Gasteiger partial charge in [-0.1, -0.05) is 12.1 Å². The van der Waals surface area contributed by atoms with Gasteiger partial charge in [0.05, 0.1) is 17.0 Å². The van der Waals surface area contributed by atoms with Crippen LogP contribution in [0.15, 0.2) is 18.2 Å². The third-order valence-corrected chi connectivity index (χ3v) is 3.18. The van der Waals surface area contributed by atoms with Crippen LogP contribution in [0.1, 0.15) is 15.9 Å². The van der Waals surface area contributed by atoms with Gasteiger partial charge in [0.15, 0.2) is 0 Å². The van der Waals surface area contributed by atoms with Gasteiger partial charge in [-0.25, -0.2) is 23.1 Å². The molecule has 0 saturated heterocycles. The Labute approximate surface area is 116 Å². The summed E-state index contributed by atoms with van der Waals surface area (Å²) in [5.74, 6) is -1.57. The SMILES string of the molecule is Cc1cccc(NC(=O)NCCS(N)(=O)=O)c1C(=O)O. The fourth-order valence-electron chi connectivity index (χ4n) is 1.53. The highest BCUT2D eigenvalue weighted by molar-refractivity contribution is 7.89. The average Bonchev–Trinajstić information content (AvgIpc) is 2.26. The molecule has 0 unspecified atom stereocenters. The molecule has 0 heterocycles. The van der Waals surface area contributed by atoms with Crippen molar-refractivity contribution in [3.8, 4) is 0 Å². The molecule has 0 aliphatic rings. The van der Waals surface area contributed by atoms with Crippen molar-refractivity contribution in [1.29, 1.82) is 0 Å². The van der Waals surface area contributed by atoms with E-state index >= 15 is 0 Å². The molecule has 0 fully saturated rings. The second-order valence-corrected chi connectivity index (χ2v) is 5.78. The quantitative estimate of drug-likeness (QED) is 0.611. The molecule has 0 saturated carbocycles. The van der Waals surface area contributed by atoms with Crippen molar-refractivity contribution in [2.75, 3.05) is 17.6 Å². The molecule has 0 atom stereocenters. The monoisotopic (exact) mass is 301 g/mol. The van der Waals surface area contributed by atoms with Crippen molar-refractivity contribution in [2.24, 2.45) is 5.14 Å². The molecule has 110 valence electrons. The van der Waals surface area contributed by atoms with Gasteiger partial charge in [0.2, 0.25) is 10.0 Å². The van der Waals surface area contributed by atoms with Crippen LogP contribution in [0.2, 0.25) is 0 Å². The number of carboxylic acids is 1. The molecule has 0 spiro atoms. The Morgan fingerprint density at radius 2 is 2.00 bits per heavy atom. The number of hydrogen-bond acceptors (Lipinski definition) is 4. The van der Waals surface area contributed by atoms with Crippen LogP contribution in [0, 0.1) is 6.92 Å². The van der Waals surface area contributed by atoms with E-state index < -0.39 is 27.8 Å². The maximum atomic E-state index is 11.5. The van der Waals surface area contributed by atoms with Gasteiger partial charge < -0.3 is 15.7 Å². The summed E-state index contributed by atoms with van der Waals surface area (Å²) in [5, 5.41) is 18.5. The zero-order chi connectivity index (χ0) is 15.3. The molecule has 1 aromatic carbocycles. The fraction of sp³-hybridized carbons (Fsp3) is 0.273. The number of rotatable bonds is 5. The van der Waals surface area contributed by atoms with Crippen molar-refractivity contribution in [3.63, 3.8) is 0 Å². The predicted molar refractivity (Wildman–Crippen MR) is 73.1 cm³/mol. The van der Waals surface area contributed by atoms with Gasteiger partial charge in [-0.05, 0) is 18.6 Å². The van der Waals surface area contributed by atoms with E-state index in [-0.39, 0.29) is 17.8 Å². The Kier molecular flexibility index (Phi) is 5.06. The number of benzene rings is 1. The van der Waals surface area contributed by atoms with Gasteiger partial charge in [0, 0.05) is 6.54 Å². The van der Waals surface area contributed by atoms with E-state index in [0.29, 0.717) is 5.56 Å². The first-order valence-electron chi connectivity index (χ1n) is 5.59. The van der Waals surface area contributed by atoms with E-state index in [9.17, 15) is 18.0 Å². The van der Waals surface area contributed by atoms with Crippen molar-refractivity contribution >= 4 is 27.7 Å². The summed E-state index contributed by atoms with van der Waals surface area (Å²) < 4.78 is 21.4. The van der Waals surface area contributed by atoms with E-state index in [2.05, 4.69) is 10.6 Å². The van der Waals surface area contributed by atoms with Gasteiger partial charge >= 0.3 is 12.0 Å². The molecule has 5 N–H and O–H groups in total. The standard InChI is InChI=1S/C11H15N3O5S/c1-7-3-2-4-8(9(7)10(15)16)14-11(17)13-5-6-20(12,18)19/h2-4H,5-6H2,1H3,(H,15,16)(H2,12,18,19)(H2,13,14,17). The minimum Gasteiger partial charge on any atom is -0.478 e. The second kappa shape index (κ2) is 6.35. The maximum Gasteiger partial charge on any atom is 0.338 e. The topological polar surface area (TPSA) is 139 Å². The number of anilines is 1. The number of nitrogens with two attached hydrogens (primary N) is 1. The molecular weight excluding hydrogens is 286 g/mol. The van der Waals surface area contributed by atoms with Crippen LogP contribution in [-0.4, -0.2) is 37.8 Å². The molecule has 0 aliphatic carbocycles. The maximum absolute atomic E-state index is 11.5. The average molecular weight is 301 g/mol. The molecule has 0 radical (unpaired) electrons. The molecule has 9 heteroatoms. The number of hydrogen-bond donors (Lipinski definition) is 4. The van der Waals surface area contributed by atoms with Gasteiger partial charge in [0.1, 0.15) is 0 Å². The normalized spacial score (nSPS) is 10.9. The minimum absolute atomic E-state index is 0.0194. The number of aryl methyl sites for hydroxylation is 1. The van der Waals surface area contributed by atoms with E-state index in [1.807, 2.05) is 0 Å². The third-order valence-electron chi connectivity index (χ3n) is 2.41. The zero-order valence-corrected chi connectivity index (χ0v) is 11.5. The molecule has 1 rings (SSSR count). The van der Waals surface area contributed by atoms with E-state index in [0.717, 1.165) is 0 Å². The second-order valence-electron chi connectivity index (χ2n) is 4.05. The summed E-state index contributed by atoms with van der Waals surface area (Å²) in [7, 11) is -3.66. The lowest BCUT2D eigenvalue weighted by molar-refractivity contribution is 0.0697. The predicted octanol–water partition coefficient (Wildman–Crippen LogP) is 0.103. The van der Waals surface area contributed by atoms with E-state index in [1.165, 1.54) is 6.07 Å². The van der Waals surface area contributed by atoms with Crippen molar-refractivity contribution in [2.45, 2.75) is 6.92 Å². The highest BCUT2D eigenvalue weighted by atomic mass is 32.2. The Morgan fingerprint density at radius 1 is 1.35 bits per heavy atom. The summed E-state index contributed by atoms with van der Waals surface area (Å²) >= 11 is 0. The van der Waals surface area contributed by atoms with Crippen LogP contribution in [0.25, 0.3) is 0 Å². The van der Waals surface area contributed by atoms with Crippen molar-refractivity contribution in [3.05, 3.63) is 29.3 Å². The Hall–Kier alpha value is -2.13. The fourth-order valence-corrected chi connectivity index (χ4v) is 1.92. The number of carbonyl (C=O) groups excluding carboxylic acids is 1. The minimum atomic E-state index is -3.66. The number of amides is 2. The first kappa shape index (κ1) is 15.9. The van der Waals surface area contributed by atoms with Crippen LogP contribution >= 0.6 is 0 Å². The van der Waals surface area contributed by atoms with Gasteiger partial charge in [-0.15, -0.1) is 0 Å². The lowest BCUT2D eigenvalue weighted by Gasteiger charge is -2.11. The smallest absolute Gasteiger partial charge is 0.338 e. The Bertz CT molecular complexity index is 627. The van der Waals surface area contributed by atoms with Gasteiger partial charge in [-0.2, -0.15) is 0 Å². The number of carbonyl (C=O) groups is 2. The highest BCUT2D eigenvalue weighted by Crippen LogP contribution is 2.19. The first-order valence-corrected chi connectivity index (χ1v) is 7.30. The molecule has 0 aromatic heterocycles. The number of urea groups is 1. The third kappa shape index (κ3) is 4.86. The molecule has 0 aliphatic heterocycles. The first-order chi connectivity index (χ1) is 9.20.